The molecule has 1 heterocycles. The number of aryl methyl sites for hydroxylation is 2. The van der Waals surface area contributed by atoms with Gasteiger partial charge >= 0.3 is 0 Å². The molecule has 24 heavy (non-hydrogen) atoms. The van der Waals surface area contributed by atoms with Crippen LogP contribution in [0.15, 0.2) is 52.9 Å². The highest BCUT2D eigenvalue weighted by Gasteiger charge is 2.21. The monoisotopic (exact) mass is 336 g/mol. The van der Waals surface area contributed by atoms with Crippen LogP contribution in [-0.2, 0) is 6.42 Å². The van der Waals surface area contributed by atoms with Gasteiger partial charge in [0.05, 0.1) is 5.03 Å². The highest BCUT2D eigenvalue weighted by atomic mass is 35.5. The summed E-state index contributed by atoms with van der Waals surface area (Å²) in [5.74, 6) is 1.05. The number of hydrogen-bond acceptors (Lipinski definition) is 3. The lowest BCUT2D eigenvalue weighted by molar-refractivity contribution is 0.550. The number of nitrogens with zero attached hydrogens (tertiary/aromatic N) is 2. The van der Waals surface area contributed by atoms with E-state index in [9.17, 15) is 0 Å². The largest absolute Gasteiger partial charge is 0.416 e. The summed E-state index contributed by atoms with van der Waals surface area (Å²) in [6, 6.07) is 16.3. The summed E-state index contributed by atoms with van der Waals surface area (Å²) in [5.41, 5.74) is 5.40. The Morgan fingerprint density at radius 3 is 2.50 bits per heavy atom. The van der Waals surface area contributed by atoms with Gasteiger partial charge in [0.1, 0.15) is 0 Å². The Hall–Kier alpha value is -2.39. The van der Waals surface area contributed by atoms with E-state index in [0.717, 1.165) is 41.0 Å². The molecule has 1 aliphatic rings. The minimum atomic E-state index is 0.521. The van der Waals surface area contributed by atoms with Gasteiger partial charge in [-0.1, -0.05) is 53.6 Å². The lowest BCUT2D eigenvalue weighted by Gasteiger charge is -2.06. The fraction of sp³-hybridized carbons (Fsp3) is 0.200. The minimum absolute atomic E-state index is 0.521. The quantitative estimate of drug-likeness (QED) is 0.621. The van der Waals surface area contributed by atoms with Crippen LogP contribution in [0.25, 0.3) is 22.1 Å². The number of fused-ring (bicyclic) bond motifs is 1. The first-order valence-corrected chi connectivity index (χ1v) is 8.48. The van der Waals surface area contributed by atoms with E-state index in [1.54, 1.807) is 0 Å². The molecule has 4 heteroatoms. The Balaban J connectivity index is 1.75. The van der Waals surface area contributed by atoms with Crippen LogP contribution in [0.5, 0.6) is 0 Å². The van der Waals surface area contributed by atoms with Gasteiger partial charge in [-0.2, -0.15) is 0 Å². The molecule has 2 aromatic carbocycles. The topological polar surface area (TPSA) is 38.9 Å². The van der Waals surface area contributed by atoms with Gasteiger partial charge in [-0.25, -0.2) is 0 Å². The van der Waals surface area contributed by atoms with E-state index in [4.69, 9.17) is 16.0 Å². The summed E-state index contributed by atoms with van der Waals surface area (Å²) in [5, 5.41) is 9.17. The van der Waals surface area contributed by atoms with Gasteiger partial charge in [-0.3, -0.25) is 0 Å². The molecule has 120 valence electrons. The van der Waals surface area contributed by atoms with Crippen molar-refractivity contribution >= 4 is 22.2 Å². The second-order valence-electron chi connectivity index (χ2n) is 6.08. The van der Waals surface area contributed by atoms with Crippen LogP contribution in [0.3, 0.4) is 0 Å². The predicted molar refractivity (Wildman–Crippen MR) is 96.5 cm³/mol. The maximum Gasteiger partial charge on any atom is 0.248 e. The Labute approximate surface area is 146 Å². The Morgan fingerprint density at radius 1 is 0.917 bits per heavy atom. The fourth-order valence-electron chi connectivity index (χ4n) is 3.04. The van der Waals surface area contributed by atoms with Crippen LogP contribution in [-0.4, -0.2) is 10.2 Å². The van der Waals surface area contributed by atoms with E-state index in [0.29, 0.717) is 11.8 Å². The number of allylic oxidation sites excluding steroid dienone is 1. The molecule has 0 unspecified atom stereocenters. The summed E-state index contributed by atoms with van der Waals surface area (Å²) < 4.78 is 5.93. The van der Waals surface area contributed by atoms with Crippen LogP contribution in [0.4, 0.5) is 0 Å². The van der Waals surface area contributed by atoms with Crippen molar-refractivity contribution in [2.75, 3.05) is 0 Å². The van der Waals surface area contributed by atoms with Gasteiger partial charge in [0, 0.05) is 11.1 Å². The van der Waals surface area contributed by atoms with Crippen molar-refractivity contribution in [2.45, 2.75) is 26.2 Å². The van der Waals surface area contributed by atoms with Gasteiger partial charge in [0.2, 0.25) is 11.8 Å². The first kappa shape index (κ1) is 15.2. The highest BCUT2D eigenvalue weighted by molar-refractivity contribution is 6.52. The normalized spacial score (nSPS) is 14.4. The molecule has 0 radical (unpaired) electrons. The van der Waals surface area contributed by atoms with Crippen LogP contribution in [0.1, 0.15) is 35.4 Å². The zero-order chi connectivity index (χ0) is 16.5. The molecule has 1 aliphatic carbocycles. The predicted octanol–water partition coefficient (Wildman–Crippen LogP) is 5.49. The van der Waals surface area contributed by atoms with Gasteiger partial charge in [0.25, 0.3) is 0 Å². The van der Waals surface area contributed by atoms with E-state index < -0.39 is 0 Å². The van der Waals surface area contributed by atoms with Crippen molar-refractivity contribution in [2.24, 2.45) is 0 Å². The second-order valence-corrected chi connectivity index (χ2v) is 6.46. The summed E-state index contributed by atoms with van der Waals surface area (Å²) in [6.07, 6.45) is 2.86. The van der Waals surface area contributed by atoms with E-state index in [1.807, 2.05) is 30.3 Å². The number of rotatable bonds is 2. The molecule has 0 N–H and O–H groups in total. The van der Waals surface area contributed by atoms with Crippen molar-refractivity contribution < 1.29 is 4.42 Å². The summed E-state index contributed by atoms with van der Waals surface area (Å²) in [6.45, 7) is 2.05. The molecule has 1 aromatic heterocycles. The summed E-state index contributed by atoms with van der Waals surface area (Å²) >= 11 is 6.68. The molecule has 4 rings (SSSR count). The molecule has 3 nitrogen and oxygen atoms in total. The van der Waals surface area contributed by atoms with Gasteiger partial charge in [-0.15, -0.1) is 10.2 Å². The Morgan fingerprint density at radius 2 is 1.67 bits per heavy atom. The van der Waals surface area contributed by atoms with Gasteiger partial charge < -0.3 is 4.42 Å². The summed E-state index contributed by atoms with van der Waals surface area (Å²) in [4.78, 5) is 0. The maximum atomic E-state index is 6.68. The fourth-order valence-corrected chi connectivity index (χ4v) is 3.40. The molecule has 0 atom stereocenters. The molecule has 0 fully saturated rings. The van der Waals surface area contributed by atoms with Crippen LogP contribution in [0.2, 0.25) is 0 Å². The molecule has 0 spiro atoms. The average molecular weight is 337 g/mol. The smallest absolute Gasteiger partial charge is 0.248 e. The van der Waals surface area contributed by atoms with Crippen molar-refractivity contribution in [3.05, 3.63) is 71.1 Å². The van der Waals surface area contributed by atoms with Crippen LogP contribution >= 0.6 is 11.6 Å². The van der Waals surface area contributed by atoms with Crippen molar-refractivity contribution in [3.63, 3.8) is 0 Å². The molecule has 0 saturated heterocycles. The second kappa shape index (κ2) is 6.25. The molecule has 0 bridgehead atoms. The van der Waals surface area contributed by atoms with Crippen LogP contribution in [0, 0.1) is 6.92 Å². The number of hydrogen-bond donors (Lipinski definition) is 0. The zero-order valence-electron chi connectivity index (χ0n) is 13.4. The number of aromatic nitrogens is 2. The average Bonchev–Trinajstić information content (AvgIpc) is 3.02. The third-order valence-corrected chi connectivity index (χ3v) is 4.81. The standard InChI is InChI=1S/C20H17ClN2O/c1-13-9-11-15(12-10-13)19-22-23-20(24-19)17-8-4-6-14-5-2-3-7-16(14)18(17)21/h2-3,5,7,9-12H,4,6,8H2,1H3. The Kier molecular flexibility index (Phi) is 3.95. The number of benzene rings is 2. The van der Waals surface area contributed by atoms with E-state index >= 15 is 0 Å². The lowest BCUT2D eigenvalue weighted by atomic mass is 10.0. The molecule has 0 amide bonds. The van der Waals surface area contributed by atoms with Crippen molar-refractivity contribution in [1.82, 2.24) is 10.2 Å². The minimum Gasteiger partial charge on any atom is -0.416 e. The lowest BCUT2D eigenvalue weighted by Crippen LogP contribution is -1.88. The first-order chi connectivity index (χ1) is 11.7. The van der Waals surface area contributed by atoms with Crippen LogP contribution < -0.4 is 0 Å². The van der Waals surface area contributed by atoms with E-state index in [2.05, 4.69) is 35.3 Å². The molecule has 0 saturated carbocycles. The van der Waals surface area contributed by atoms with Crippen molar-refractivity contribution in [3.8, 4) is 11.5 Å². The molecule has 0 aliphatic heterocycles. The third-order valence-electron chi connectivity index (χ3n) is 4.37. The Bertz CT molecular complexity index is 909. The number of halogens is 1. The molecular weight excluding hydrogens is 320 g/mol. The highest BCUT2D eigenvalue weighted by Crippen LogP contribution is 2.38. The summed E-state index contributed by atoms with van der Waals surface area (Å²) in [7, 11) is 0. The van der Waals surface area contributed by atoms with Crippen molar-refractivity contribution in [1.29, 1.82) is 0 Å². The van der Waals surface area contributed by atoms with Gasteiger partial charge in [0.15, 0.2) is 0 Å². The maximum absolute atomic E-state index is 6.68. The first-order valence-electron chi connectivity index (χ1n) is 8.10. The van der Waals surface area contributed by atoms with Gasteiger partial charge in [-0.05, 0) is 49.4 Å². The van der Waals surface area contributed by atoms with E-state index in [-0.39, 0.29) is 0 Å². The third kappa shape index (κ3) is 2.76. The zero-order valence-corrected chi connectivity index (χ0v) is 14.2. The van der Waals surface area contributed by atoms with E-state index in [1.165, 1.54) is 11.1 Å². The molecule has 3 aromatic rings. The molecular formula is C20H17ClN2O. The SMILES string of the molecule is Cc1ccc(-c2nnc(C3=C(Cl)c4ccccc4CCC3)o2)cc1.